The predicted octanol–water partition coefficient (Wildman–Crippen LogP) is 2.26. The molecule has 1 fully saturated rings. The van der Waals surface area contributed by atoms with Gasteiger partial charge in [-0.1, -0.05) is 0 Å². The van der Waals surface area contributed by atoms with Crippen molar-refractivity contribution in [2.75, 3.05) is 32.1 Å². The van der Waals surface area contributed by atoms with E-state index in [0.717, 1.165) is 43.9 Å². The Balaban J connectivity index is 1.80. The predicted molar refractivity (Wildman–Crippen MR) is 81.0 cm³/mol. The minimum atomic E-state index is 0.0606. The lowest BCUT2D eigenvalue weighted by Crippen LogP contribution is -2.38. The third kappa shape index (κ3) is 4.47. The number of nitriles is 1. The second-order valence-corrected chi connectivity index (χ2v) is 5.24. The van der Waals surface area contributed by atoms with Crippen molar-refractivity contribution in [3.8, 4) is 11.8 Å². The molecule has 0 bridgehead atoms. The van der Waals surface area contributed by atoms with Gasteiger partial charge in [-0.15, -0.1) is 0 Å². The van der Waals surface area contributed by atoms with E-state index in [9.17, 15) is 4.79 Å². The minimum Gasteiger partial charge on any atom is -0.497 e. The van der Waals surface area contributed by atoms with E-state index in [1.165, 1.54) is 0 Å². The van der Waals surface area contributed by atoms with E-state index in [0.29, 0.717) is 6.42 Å². The van der Waals surface area contributed by atoms with Gasteiger partial charge in [-0.25, -0.2) is 0 Å². The Labute approximate surface area is 125 Å². The van der Waals surface area contributed by atoms with Gasteiger partial charge in [-0.05, 0) is 50.2 Å². The number of amides is 1. The Morgan fingerprint density at radius 1 is 1.38 bits per heavy atom. The fourth-order valence-corrected chi connectivity index (χ4v) is 2.55. The molecule has 1 aliphatic heterocycles. The lowest BCUT2D eigenvalue weighted by molar-refractivity contribution is -0.121. The quantitative estimate of drug-likeness (QED) is 0.902. The highest BCUT2D eigenvalue weighted by Gasteiger charge is 2.24. The molecule has 112 valence electrons. The van der Waals surface area contributed by atoms with Crippen molar-refractivity contribution >= 4 is 11.6 Å². The molecule has 0 aliphatic carbocycles. The number of hydrogen-bond donors (Lipinski definition) is 1. The topological polar surface area (TPSA) is 65.4 Å². The zero-order valence-corrected chi connectivity index (χ0v) is 12.3. The number of likely N-dealkylation sites (tertiary alicyclic amines) is 1. The molecule has 0 atom stereocenters. The summed E-state index contributed by atoms with van der Waals surface area (Å²) in [6, 6.07) is 9.52. The smallest absolute Gasteiger partial charge is 0.227 e. The maximum absolute atomic E-state index is 12.2. The Morgan fingerprint density at radius 2 is 2.05 bits per heavy atom. The van der Waals surface area contributed by atoms with Crippen LogP contribution in [0.1, 0.15) is 19.3 Å². The summed E-state index contributed by atoms with van der Waals surface area (Å²) in [4.78, 5) is 14.5. The molecular formula is C16H21N3O2. The standard InChI is InChI=1S/C16H21N3O2/c1-21-15-5-3-14(4-6-15)18-16(20)13-7-11-19(12-8-13)10-2-9-17/h3-6,13H,2,7-8,10-12H2,1H3,(H,18,20). The maximum Gasteiger partial charge on any atom is 0.227 e. The van der Waals surface area contributed by atoms with Gasteiger partial charge in [0.15, 0.2) is 0 Å². The van der Waals surface area contributed by atoms with Crippen LogP contribution in [0.2, 0.25) is 0 Å². The van der Waals surface area contributed by atoms with Gasteiger partial charge in [0.2, 0.25) is 5.91 Å². The molecular weight excluding hydrogens is 266 g/mol. The summed E-state index contributed by atoms with van der Waals surface area (Å²) in [5.74, 6) is 0.921. The molecule has 1 heterocycles. The average Bonchev–Trinajstić information content (AvgIpc) is 2.54. The van der Waals surface area contributed by atoms with Crippen molar-refractivity contribution < 1.29 is 9.53 Å². The molecule has 1 saturated heterocycles. The van der Waals surface area contributed by atoms with Crippen LogP contribution in [0.3, 0.4) is 0 Å². The number of anilines is 1. The van der Waals surface area contributed by atoms with Gasteiger partial charge in [0.25, 0.3) is 0 Å². The summed E-state index contributed by atoms with van der Waals surface area (Å²) in [7, 11) is 1.62. The van der Waals surface area contributed by atoms with Gasteiger partial charge in [0.05, 0.1) is 13.2 Å². The Bertz CT molecular complexity index is 499. The SMILES string of the molecule is COc1ccc(NC(=O)C2CCN(CCC#N)CC2)cc1. The van der Waals surface area contributed by atoms with Crippen molar-refractivity contribution in [3.05, 3.63) is 24.3 Å². The second kappa shape index (κ2) is 7.65. The minimum absolute atomic E-state index is 0.0606. The molecule has 5 nitrogen and oxygen atoms in total. The zero-order chi connectivity index (χ0) is 15.1. The molecule has 0 aromatic heterocycles. The van der Waals surface area contributed by atoms with E-state index >= 15 is 0 Å². The Morgan fingerprint density at radius 3 is 2.62 bits per heavy atom. The summed E-state index contributed by atoms with van der Waals surface area (Å²) < 4.78 is 5.09. The number of carbonyl (C=O) groups is 1. The summed E-state index contributed by atoms with van der Waals surface area (Å²) in [6.45, 7) is 2.59. The molecule has 1 N–H and O–H groups in total. The van der Waals surface area contributed by atoms with Crippen molar-refractivity contribution in [1.29, 1.82) is 5.26 Å². The molecule has 5 heteroatoms. The van der Waals surface area contributed by atoms with E-state index in [1.807, 2.05) is 24.3 Å². The third-order valence-electron chi connectivity index (χ3n) is 3.86. The lowest BCUT2D eigenvalue weighted by atomic mass is 9.95. The van der Waals surface area contributed by atoms with E-state index in [2.05, 4.69) is 16.3 Å². The normalized spacial score (nSPS) is 16.2. The molecule has 0 unspecified atom stereocenters. The van der Waals surface area contributed by atoms with Gasteiger partial charge < -0.3 is 15.0 Å². The number of nitrogens with zero attached hydrogens (tertiary/aromatic N) is 2. The fraction of sp³-hybridized carbons (Fsp3) is 0.500. The van der Waals surface area contributed by atoms with E-state index in [4.69, 9.17) is 10.00 Å². The number of nitrogens with one attached hydrogen (secondary N) is 1. The van der Waals surface area contributed by atoms with Crippen LogP contribution < -0.4 is 10.1 Å². The Hall–Kier alpha value is -2.06. The molecule has 1 aliphatic rings. The van der Waals surface area contributed by atoms with Crippen LogP contribution in [0, 0.1) is 17.2 Å². The number of ether oxygens (including phenoxy) is 1. The molecule has 1 aromatic carbocycles. The van der Waals surface area contributed by atoms with Crippen LogP contribution in [-0.4, -0.2) is 37.6 Å². The van der Waals surface area contributed by atoms with Gasteiger partial charge in [-0.2, -0.15) is 5.26 Å². The number of rotatable bonds is 5. The van der Waals surface area contributed by atoms with E-state index in [1.54, 1.807) is 7.11 Å². The Kier molecular flexibility index (Phi) is 5.59. The summed E-state index contributed by atoms with van der Waals surface area (Å²) >= 11 is 0. The van der Waals surface area contributed by atoms with E-state index < -0.39 is 0 Å². The molecule has 0 radical (unpaired) electrons. The van der Waals surface area contributed by atoms with Crippen molar-refractivity contribution in [2.24, 2.45) is 5.92 Å². The maximum atomic E-state index is 12.2. The number of benzene rings is 1. The van der Waals surface area contributed by atoms with Crippen LogP contribution in [-0.2, 0) is 4.79 Å². The summed E-state index contributed by atoms with van der Waals surface area (Å²) in [5.41, 5.74) is 0.799. The first-order valence-electron chi connectivity index (χ1n) is 7.27. The molecule has 1 aromatic rings. The van der Waals surface area contributed by atoms with Crippen molar-refractivity contribution in [1.82, 2.24) is 4.90 Å². The third-order valence-corrected chi connectivity index (χ3v) is 3.86. The monoisotopic (exact) mass is 287 g/mol. The highest BCUT2D eigenvalue weighted by atomic mass is 16.5. The van der Waals surface area contributed by atoms with Gasteiger partial charge in [0.1, 0.15) is 5.75 Å². The largest absolute Gasteiger partial charge is 0.497 e. The van der Waals surface area contributed by atoms with Gasteiger partial charge >= 0.3 is 0 Å². The molecule has 21 heavy (non-hydrogen) atoms. The first-order chi connectivity index (χ1) is 10.2. The first kappa shape index (κ1) is 15.3. The van der Waals surface area contributed by atoms with Gasteiger partial charge in [0, 0.05) is 24.6 Å². The average molecular weight is 287 g/mol. The second-order valence-electron chi connectivity index (χ2n) is 5.24. The summed E-state index contributed by atoms with van der Waals surface area (Å²) in [6.07, 6.45) is 2.27. The number of carbonyl (C=O) groups excluding carboxylic acids is 1. The van der Waals surface area contributed by atoms with Crippen LogP contribution in [0.5, 0.6) is 5.75 Å². The van der Waals surface area contributed by atoms with Crippen molar-refractivity contribution in [2.45, 2.75) is 19.3 Å². The fourth-order valence-electron chi connectivity index (χ4n) is 2.55. The van der Waals surface area contributed by atoms with Crippen LogP contribution in [0.15, 0.2) is 24.3 Å². The van der Waals surface area contributed by atoms with Crippen molar-refractivity contribution in [3.63, 3.8) is 0 Å². The highest BCUT2D eigenvalue weighted by molar-refractivity contribution is 5.92. The zero-order valence-electron chi connectivity index (χ0n) is 12.3. The molecule has 0 saturated carbocycles. The first-order valence-corrected chi connectivity index (χ1v) is 7.27. The number of hydrogen-bond acceptors (Lipinski definition) is 4. The summed E-state index contributed by atoms with van der Waals surface area (Å²) in [5, 5.41) is 11.5. The lowest BCUT2D eigenvalue weighted by Gasteiger charge is -2.30. The molecule has 2 rings (SSSR count). The number of methoxy groups -OCH3 is 1. The van der Waals surface area contributed by atoms with Crippen LogP contribution in [0.4, 0.5) is 5.69 Å². The molecule has 1 amide bonds. The number of piperidine rings is 1. The van der Waals surface area contributed by atoms with Gasteiger partial charge in [-0.3, -0.25) is 4.79 Å². The van der Waals surface area contributed by atoms with E-state index in [-0.39, 0.29) is 11.8 Å². The highest BCUT2D eigenvalue weighted by Crippen LogP contribution is 2.21. The van der Waals surface area contributed by atoms with Crippen LogP contribution in [0.25, 0.3) is 0 Å². The molecule has 0 spiro atoms. The van der Waals surface area contributed by atoms with Crippen LogP contribution >= 0.6 is 0 Å².